The molecule has 0 amide bonds. The first-order valence-electron chi connectivity index (χ1n) is 6.16. The van der Waals surface area contributed by atoms with E-state index in [1.165, 1.54) is 30.3 Å². The Morgan fingerprint density at radius 3 is 2.18 bits per heavy atom. The minimum Gasteiger partial charge on any atom is -0.405 e. The van der Waals surface area contributed by atoms with Crippen LogP contribution in [0.5, 0.6) is 5.75 Å². The van der Waals surface area contributed by atoms with E-state index in [-0.39, 0.29) is 17.0 Å². The van der Waals surface area contributed by atoms with E-state index in [1.807, 2.05) is 0 Å². The molecule has 0 aliphatic rings. The molecule has 2 aromatic rings. The summed E-state index contributed by atoms with van der Waals surface area (Å²) in [6.45, 7) is -0.316. The zero-order valence-corrected chi connectivity index (χ0v) is 12.0. The summed E-state index contributed by atoms with van der Waals surface area (Å²) in [4.78, 5) is 0.0317. The van der Waals surface area contributed by atoms with E-state index < -0.39 is 22.1 Å². The van der Waals surface area contributed by atoms with Gasteiger partial charge in [-0.2, -0.15) is 0 Å². The molecule has 0 aliphatic heterocycles. The number of hydrogen-bond acceptors (Lipinski definition) is 3. The summed E-state index contributed by atoms with van der Waals surface area (Å²) < 4.78 is 67.1. The number of ether oxygens (including phenoxy) is 1. The smallest absolute Gasteiger partial charge is 0.405 e. The lowest BCUT2D eigenvalue weighted by molar-refractivity contribution is -0.274. The number of halogens is 3. The summed E-state index contributed by atoms with van der Waals surface area (Å²) in [5.74, 6) is -0.439. The van der Waals surface area contributed by atoms with E-state index in [4.69, 9.17) is 0 Å². The Morgan fingerprint density at radius 1 is 0.955 bits per heavy atom. The van der Waals surface area contributed by atoms with Crippen molar-refractivity contribution in [2.24, 2.45) is 0 Å². The number of alkyl halides is 3. The molecule has 0 aromatic heterocycles. The van der Waals surface area contributed by atoms with Gasteiger partial charge in [-0.05, 0) is 18.2 Å². The molecular weight excluding hydrogens is 319 g/mol. The van der Waals surface area contributed by atoms with E-state index in [0.29, 0.717) is 0 Å². The van der Waals surface area contributed by atoms with Gasteiger partial charge in [0, 0.05) is 12.1 Å². The fourth-order valence-corrected chi connectivity index (χ4v) is 2.76. The van der Waals surface area contributed by atoms with Crippen LogP contribution in [-0.4, -0.2) is 14.8 Å². The van der Waals surface area contributed by atoms with Gasteiger partial charge in [0.15, 0.2) is 0 Å². The summed E-state index contributed by atoms with van der Waals surface area (Å²) in [5.41, 5.74) is 0.0827. The fourth-order valence-electron chi connectivity index (χ4n) is 1.73. The van der Waals surface area contributed by atoms with Gasteiger partial charge in [0.05, 0.1) is 4.90 Å². The van der Waals surface area contributed by atoms with Crippen LogP contribution < -0.4 is 9.46 Å². The molecule has 0 saturated heterocycles. The summed E-state index contributed by atoms with van der Waals surface area (Å²) in [5, 5.41) is 0. The third-order valence-corrected chi connectivity index (χ3v) is 4.12. The Labute approximate surface area is 125 Å². The Balaban J connectivity index is 2.15. The number of sulfonamides is 1. The second-order valence-corrected chi connectivity index (χ2v) is 6.06. The molecule has 0 spiro atoms. The molecule has 0 aliphatic carbocycles. The van der Waals surface area contributed by atoms with Gasteiger partial charge in [0.1, 0.15) is 5.75 Å². The number of para-hydroxylation sites is 1. The van der Waals surface area contributed by atoms with E-state index in [0.717, 1.165) is 6.07 Å². The third-order valence-electron chi connectivity index (χ3n) is 2.70. The average Bonchev–Trinajstić information content (AvgIpc) is 2.46. The van der Waals surface area contributed by atoms with Crippen molar-refractivity contribution >= 4 is 10.0 Å². The highest BCUT2D eigenvalue weighted by Gasteiger charge is 2.32. The molecule has 2 aromatic carbocycles. The fraction of sp³-hybridized carbons (Fsp3) is 0.143. The highest BCUT2D eigenvalue weighted by Crippen LogP contribution is 2.26. The lowest BCUT2D eigenvalue weighted by atomic mass is 10.2. The Bertz CT molecular complexity index is 730. The van der Waals surface area contributed by atoms with Gasteiger partial charge < -0.3 is 4.74 Å². The van der Waals surface area contributed by atoms with Crippen LogP contribution >= 0.6 is 0 Å². The summed E-state index contributed by atoms with van der Waals surface area (Å²) in [6, 6.07) is 12.9. The van der Waals surface area contributed by atoms with Crippen molar-refractivity contribution < 1.29 is 26.3 Å². The molecule has 0 unspecified atom stereocenters. The van der Waals surface area contributed by atoms with Crippen molar-refractivity contribution in [2.75, 3.05) is 0 Å². The molecule has 0 saturated carbocycles. The standard InChI is InChI=1S/C14H12F3NO3S/c15-14(16,17)21-13-9-5-4-6-11(13)10-18-22(19,20)12-7-2-1-3-8-12/h1-9,18H,10H2. The van der Waals surface area contributed by atoms with Crippen LogP contribution in [0.4, 0.5) is 13.2 Å². The molecule has 0 bridgehead atoms. The number of rotatable bonds is 5. The van der Waals surface area contributed by atoms with Gasteiger partial charge >= 0.3 is 6.36 Å². The van der Waals surface area contributed by atoms with Crippen molar-refractivity contribution in [1.29, 1.82) is 0 Å². The molecule has 1 N–H and O–H groups in total. The average molecular weight is 331 g/mol. The lowest BCUT2D eigenvalue weighted by Gasteiger charge is -2.13. The largest absolute Gasteiger partial charge is 0.573 e. The molecule has 22 heavy (non-hydrogen) atoms. The molecule has 118 valence electrons. The minimum atomic E-state index is -4.84. The number of nitrogens with one attached hydrogen (secondary N) is 1. The first kappa shape index (κ1) is 16.3. The van der Waals surface area contributed by atoms with Gasteiger partial charge in [0.25, 0.3) is 0 Å². The Kier molecular flexibility index (Phi) is 4.72. The number of benzene rings is 2. The van der Waals surface area contributed by atoms with Gasteiger partial charge in [-0.3, -0.25) is 0 Å². The van der Waals surface area contributed by atoms with Crippen molar-refractivity contribution in [3.8, 4) is 5.75 Å². The van der Waals surface area contributed by atoms with Gasteiger partial charge in [-0.25, -0.2) is 13.1 Å². The SMILES string of the molecule is O=S(=O)(NCc1ccccc1OC(F)(F)F)c1ccccc1. The Morgan fingerprint density at radius 2 is 1.55 bits per heavy atom. The second kappa shape index (κ2) is 6.37. The van der Waals surface area contributed by atoms with E-state index >= 15 is 0 Å². The maximum atomic E-state index is 12.3. The first-order chi connectivity index (χ1) is 10.3. The third kappa shape index (κ3) is 4.47. The maximum absolute atomic E-state index is 12.3. The van der Waals surface area contributed by atoms with Crippen LogP contribution in [0.25, 0.3) is 0 Å². The topological polar surface area (TPSA) is 55.4 Å². The van der Waals surface area contributed by atoms with Crippen LogP contribution in [0.2, 0.25) is 0 Å². The molecule has 4 nitrogen and oxygen atoms in total. The Hall–Kier alpha value is -2.06. The van der Waals surface area contributed by atoms with Crippen molar-refractivity contribution in [2.45, 2.75) is 17.8 Å². The predicted octanol–water partition coefficient (Wildman–Crippen LogP) is 3.06. The summed E-state index contributed by atoms with van der Waals surface area (Å²) in [6.07, 6.45) is -4.84. The van der Waals surface area contributed by atoms with Crippen molar-refractivity contribution in [3.63, 3.8) is 0 Å². The molecular formula is C14H12F3NO3S. The first-order valence-corrected chi connectivity index (χ1v) is 7.65. The quantitative estimate of drug-likeness (QED) is 0.916. The van der Waals surface area contributed by atoms with E-state index in [9.17, 15) is 21.6 Å². The lowest BCUT2D eigenvalue weighted by Crippen LogP contribution is -2.24. The predicted molar refractivity (Wildman–Crippen MR) is 73.6 cm³/mol. The van der Waals surface area contributed by atoms with Gasteiger partial charge in [-0.15, -0.1) is 13.2 Å². The maximum Gasteiger partial charge on any atom is 0.573 e. The van der Waals surface area contributed by atoms with Crippen molar-refractivity contribution in [3.05, 3.63) is 60.2 Å². The van der Waals surface area contributed by atoms with Crippen molar-refractivity contribution in [1.82, 2.24) is 4.72 Å². The highest BCUT2D eigenvalue weighted by atomic mass is 32.2. The molecule has 8 heteroatoms. The van der Waals surface area contributed by atoms with Gasteiger partial charge in [0.2, 0.25) is 10.0 Å². The van der Waals surface area contributed by atoms with E-state index in [2.05, 4.69) is 9.46 Å². The van der Waals surface area contributed by atoms with Gasteiger partial charge in [-0.1, -0.05) is 36.4 Å². The zero-order valence-electron chi connectivity index (χ0n) is 11.2. The van der Waals surface area contributed by atoms with Crippen LogP contribution in [0.1, 0.15) is 5.56 Å². The second-order valence-electron chi connectivity index (χ2n) is 4.29. The molecule has 2 rings (SSSR count). The molecule has 0 atom stereocenters. The van der Waals surface area contributed by atoms with Crippen LogP contribution in [0, 0.1) is 0 Å². The summed E-state index contributed by atoms with van der Waals surface area (Å²) >= 11 is 0. The molecule has 0 radical (unpaired) electrons. The normalized spacial score (nSPS) is 12.1. The monoisotopic (exact) mass is 331 g/mol. The summed E-state index contributed by atoms with van der Waals surface area (Å²) in [7, 11) is -3.81. The minimum absolute atomic E-state index is 0.0317. The van der Waals surface area contributed by atoms with E-state index in [1.54, 1.807) is 18.2 Å². The number of hydrogen-bond donors (Lipinski definition) is 1. The van der Waals surface area contributed by atoms with Crippen LogP contribution in [0.3, 0.4) is 0 Å². The molecule has 0 fully saturated rings. The highest BCUT2D eigenvalue weighted by molar-refractivity contribution is 7.89. The van der Waals surface area contributed by atoms with Crippen LogP contribution in [-0.2, 0) is 16.6 Å². The van der Waals surface area contributed by atoms with Crippen LogP contribution in [0.15, 0.2) is 59.5 Å². The molecule has 0 heterocycles. The zero-order chi connectivity index (χ0) is 16.2.